The molecule has 0 radical (unpaired) electrons. The van der Waals surface area contributed by atoms with Gasteiger partial charge in [-0.05, 0) is 48.3 Å². The van der Waals surface area contributed by atoms with Gasteiger partial charge < -0.3 is 15.5 Å². The Bertz CT molecular complexity index is 586. The number of nitrogens with zero attached hydrogens (tertiary/aromatic N) is 1. The van der Waals surface area contributed by atoms with Gasteiger partial charge in [-0.1, -0.05) is 12.1 Å². The maximum atomic E-state index is 10.8. The molecular formula is C16H18N2O3. The van der Waals surface area contributed by atoms with E-state index in [9.17, 15) is 9.90 Å². The van der Waals surface area contributed by atoms with Crippen molar-refractivity contribution in [1.29, 1.82) is 0 Å². The Labute approximate surface area is 123 Å². The largest absolute Gasteiger partial charge is 0.508 e. The third-order valence-electron chi connectivity index (χ3n) is 3.15. The Balaban J connectivity index is 1.84. The highest BCUT2D eigenvalue weighted by Crippen LogP contribution is 2.11. The maximum absolute atomic E-state index is 10.8. The van der Waals surface area contributed by atoms with Gasteiger partial charge in [0.05, 0.1) is 0 Å². The van der Waals surface area contributed by atoms with E-state index in [1.165, 1.54) is 0 Å². The van der Waals surface area contributed by atoms with Crippen molar-refractivity contribution in [2.45, 2.75) is 12.8 Å². The Kier molecular flexibility index (Phi) is 5.15. The molecule has 5 nitrogen and oxygen atoms in total. The zero-order chi connectivity index (χ0) is 15.1. The lowest BCUT2D eigenvalue weighted by Gasteiger charge is -2.13. The van der Waals surface area contributed by atoms with Gasteiger partial charge in [0, 0.05) is 19.3 Å². The molecule has 0 amide bonds. The monoisotopic (exact) mass is 286 g/mol. The average Bonchev–Trinajstić information content (AvgIpc) is 2.49. The number of aliphatic carboxylic acids is 1. The minimum absolute atomic E-state index is 0.227. The van der Waals surface area contributed by atoms with Crippen LogP contribution in [-0.2, 0) is 11.2 Å². The number of rotatable bonds is 5. The molecule has 110 valence electrons. The molecule has 1 aromatic carbocycles. The molecule has 1 aliphatic rings. The highest BCUT2D eigenvalue weighted by atomic mass is 16.4. The number of benzene rings is 1. The van der Waals surface area contributed by atoms with Gasteiger partial charge in [-0.15, -0.1) is 0 Å². The molecule has 21 heavy (non-hydrogen) atoms. The molecule has 0 fully saturated rings. The number of carboxylic acid groups (broad SMARTS) is 1. The van der Waals surface area contributed by atoms with Crippen LogP contribution in [0.15, 0.2) is 52.7 Å². The van der Waals surface area contributed by atoms with Crippen molar-refractivity contribution >= 4 is 12.2 Å². The van der Waals surface area contributed by atoms with E-state index in [-0.39, 0.29) is 11.4 Å². The highest BCUT2D eigenvalue weighted by Gasteiger charge is 2.11. The molecule has 0 unspecified atom stereocenters. The van der Waals surface area contributed by atoms with E-state index in [2.05, 4.69) is 10.3 Å². The highest BCUT2D eigenvalue weighted by molar-refractivity contribution is 5.87. The van der Waals surface area contributed by atoms with Gasteiger partial charge in [-0.2, -0.15) is 0 Å². The molecule has 0 aliphatic carbocycles. The number of nitrogens with one attached hydrogen (secondary N) is 1. The lowest BCUT2D eigenvalue weighted by atomic mass is 10.1. The fourth-order valence-corrected chi connectivity index (χ4v) is 2.00. The fraction of sp³-hybridized carbons (Fsp3) is 0.250. The number of phenolic OH excluding ortho intramolecular Hbond substituents is 1. The number of phenols is 1. The molecule has 0 aromatic heterocycles. The zero-order valence-corrected chi connectivity index (χ0v) is 11.6. The number of carbonyl (C=O) groups is 1. The van der Waals surface area contributed by atoms with Gasteiger partial charge in [0.1, 0.15) is 11.4 Å². The molecule has 5 heteroatoms. The first-order valence-electron chi connectivity index (χ1n) is 6.81. The molecule has 1 aliphatic heterocycles. The van der Waals surface area contributed by atoms with Gasteiger partial charge in [0.15, 0.2) is 0 Å². The minimum Gasteiger partial charge on any atom is -0.508 e. The molecular weight excluding hydrogens is 268 g/mol. The van der Waals surface area contributed by atoms with E-state index >= 15 is 0 Å². The van der Waals surface area contributed by atoms with Crippen molar-refractivity contribution in [2.24, 2.45) is 4.99 Å². The van der Waals surface area contributed by atoms with E-state index in [4.69, 9.17) is 5.11 Å². The normalized spacial score (nSPS) is 16.8. The van der Waals surface area contributed by atoms with Crippen LogP contribution in [-0.4, -0.2) is 35.5 Å². The quantitative estimate of drug-likeness (QED) is 0.722. The van der Waals surface area contributed by atoms with Crippen molar-refractivity contribution in [3.8, 4) is 5.75 Å². The Morgan fingerprint density at radius 1 is 1.33 bits per heavy atom. The second-order valence-corrected chi connectivity index (χ2v) is 4.75. The first kappa shape index (κ1) is 14.8. The van der Waals surface area contributed by atoms with Crippen molar-refractivity contribution in [3.63, 3.8) is 0 Å². The summed E-state index contributed by atoms with van der Waals surface area (Å²) in [6, 6.07) is 7.07. The standard InChI is InChI=1S/C16H18N2O3/c19-14-3-1-12(2-4-14)5-8-17-9-6-13-7-10-18-15(11-13)16(20)21/h1-4,6,9,11,18-19H,5,7-8,10H2,(H,20,21). The minimum atomic E-state index is -0.940. The topological polar surface area (TPSA) is 81.9 Å². The predicted octanol–water partition coefficient (Wildman–Crippen LogP) is 1.89. The Morgan fingerprint density at radius 2 is 2.10 bits per heavy atom. The summed E-state index contributed by atoms with van der Waals surface area (Å²) >= 11 is 0. The summed E-state index contributed by atoms with van der Waals surface area (Å²) in [5.74, 6) is -0.677. The molecule has 0 bridgehead atoms. The van der Waals surface area contributed by atoms with Gasteiger partial charge in [0.2, 0.25) is 0 Å². The van der Waals surface area contributed by atoms with Gasteiger partial charge in [0.25, 0.3) is 0 Å². The average molecular weight is 286 g/mol. The summed E-state index contributed by atoms with van der Waals surface area (Å²) < 4.78 is 0. The van der Waals surface area contributed by atoms with E-state index in [0.29, 0.717) is 13.1 Å². The van der Waals surface area contributed by atoms with E-state index in [1.807, 2.05) is 18.2 Å². The number of carboxylic acids is 1. The molecule has 2 rings (SSSR count). The number of aliphatic imine (C=N–C) groups is 1. The number of aromatic hydroxyl groups is 1. The smallest absolute Gasteiger partial charge is 0.351 e. The van der Waals surface area contributed by atoms with Crippen LogP contribution in [0.4, 0.5) is 0 Å². The van der Waals surface area contributed by atoms with Gasteiger partial charge in [-0.25, -0.2) is 4.79 Å². The first-order chi connectivity index (χ1) is 10.1. The van der Waals surface area contributed by atoms with Crippen LogP contribution in [0.5, 0.6) is 5.75 Å². The van der Waals surface area contributed by atoms with Crippen LogP contribution in [0.25, 0.3) is 0 Å². The number of allylic oxidation sites excluding steroid dienone is 2. The summed E-state index contributed by atoms with van der Waals surface area (Å²) in [5, 5.41) is 20.9. The lowest BCUT2D eigenvalue weighted by Crippen LogP contribution is -2.25. The number of hydrogen-bond acceptors (Lipinski definition) is 4. The van der Waals surface area contributed by atoms with Crippen LogP contribution in [0.3, 0.4) is 0 Å². The van der Waals surface area contributed by atoms with Crippen LogP contribution < -0.4 is 5.32 Å². The SMILES string of the molecule is O=C(O)C1=CC(=CC=NCCc2ccc(O)cc2)CCN1. The molecule has 0 saturated carbocycles. The van der Waals surface area contributed by atoms with Crippen molar-refractivity contribution in [1.82, 2.24) is 5.32 Å². The summed E-state index contributed by atoms with van der Waals surface area (Å²) in [5.41, 5.74) is 2.30. The zero-order valence-electron chi connectivity index (χ0n) is 11.6. The van der Waals surface area contributed by atoms with E-state index in [1.54, 1.807) is 24.4 Å². The Morgan fingerprint density at radius 3 is 2.81 bits per heavy atom. The van der Waals surface area contributed by atoms with Crippen molar-refractivity contribution in [2.75, 3.05) is 13.1 Å². The second kappa shape index (κ2) is 7.28. The first-order valence-corrected chi connectivity index (χ1v) is 6.81. The number of hydrogen-bond donors (Lipinski definition) is 3. The third-order valence-corrected chi connectivity index (χ3v) is 3.15. The van der Waals surface area contributed by atoms with E-state index in [0.717, 1.165) is 24.0 Å². The fourth-order valence-electron chi connectivity index (χ4n) is 2.00. The molecule has 0 atom stereocenters. The van der Waals surface area contributed by atoms with Crippen LogP contribution in [0.2, 0.25) is 0 Å². The molecule has 1 aromatic rings. The molecule has 1 heterocycles. The summed E-state index contributed by atoms with van der Waals surface area (Å²) in [4.78, 5) is 15.1. The van der Waals surface area contributed by atoms with Crippen LogP contribution in [0, 0.1) is 0 Å². The lowest BCUT2D eigenvalue weighted by molar-refractivity contribution is -0.133. The van der Waals surface area contributed by atoms with Crippen LogP contribution >= 0.6 is 0 Å². The molecule has 3 N–H and O–H groups in total. The Hall–Kier alpha value is -2.56. The van der Waals surface area contributed by atoms with Gasteiger partial charge >= 0.3 is 5.97 Å². The van der Waals surface area contributed by atoms with Crippen LogP contribution in [0.1, 0.15) is 12.0 Å². The summed E-state index contributed by atoms with van der Waals surface area (Å²) in [6.45, 7) is 1.29. The molecule has 0 spiro atoms. The molecule has 0 saturated heterocycles. The predicted molar refractivity (Wildman–Crippen MR) is 81.6 cm³/mol. The van der Waals surface area contributed by atoms with E-state index < -0.39 is 5.97 Å². The van der Waals surface area contributed by atoms with Crippen molar-refractivity contribution < 1.29 is 15.0 Å². The van der Waals surface area contributed by atoms with Gasteiger partial charge in [-0.3, -0.25) is 4.99 Å². The summed E-state index contributed by atoms with van der Waals surface area (Å²) in [7, 11) is 0. The van der Waals surface area contributed by atoms with Crippen molar-refractivity contribution in [3.05, 3.63) is 53.3 Å². The second-order valence-electron chi connectivity index (χ2n) is 4.75. The third kappa shape index (κ3) is 4.80. The maximum Gasteiger partial charge on any atom is 0.351 e. The summed E-state index contributed by atoms with van der Waals surface area (Å²) in [6.07, 6.45) is 6.80.